The smallest absolute Gasteiger partial charge is 0.320 e. The van der Waals surface area contributed by atoms with Gasteiger partial charge in [-0.05, 0) is 19.4 Å². The van der Waals surface area contributed by atoms with Crippen LogP contribution in [-0.4, -0.2) is 55.1 Å². The molecule has 0 saturated heterocycles. The van der Waals surface area contributed by atoms with Gasteiger partial charge in [0.25, 0.3) is 0 Å². The third kappa shape index (κ3) is 16.2. The summed E-state index contributed by atoms with van der Waals surface area (Å²) in [7, 11) is -1.08. The van der Waals surface area contributed by atoms with Crippen LogP contribution in [0.2, 0.25) is 0 Å². The molecule has 0 saturated carbocycles. The Labute approximate surface area is 98.5 Å². The molecular formula is C10H27N2O3P. The summed E-state index contributed by atoms with van der Waals surface area (Å²) in [5.74, 6) is -0.933. The third-order valence-electron chi connectivity index (χ3n) is 1.76. The summed E-state index contributed by atoms with van der Waals surface area (Å²) in [4.78, 5) is 10.1. The minimum Gasteiger partial charge on any atom is -0.480 e. The third-order valence-corrected chi connectivity index (χ3v) is 2.71. The molecule has 0 amide bonds. The van der Waals surface area contributed by atoms with Crippen LogP contribution in [-0.2, 0) is 4.79 Å². The topological polar surface area (TPSA) is 110 Å². The van der Waals surface area contributed by atoms with Gasteiger partial charge in [-0.2, -0.15) is 0 Å². The van der Waals surface area contributed by atoms with Gasteiger partial charge in [-0.25, -0.2) is 0 Å². The van der Waals surface area contributed by atoms with Crippen LogP contribution in [0, 0.1) is 0 Å². The van der Waals surface area contributed by atoms with Gasteiger partial charge in [0.05, 0.1) is 0 Å². The predicted molar refractivity (Wildman–Crippen MR) is 71.7 cm³/mol. The van der Waals surface area contributed by atoms with E-state index < -0.39 is 19.3 Å². The molecule has 6 heteroatoms. The van der Waals surface area contributed by atoms with Gasteiger partial charge in [-0.3, -0.25) is 4.79 Å². The first kappa shape index (κ1) is 18.2. The van der Waals surface area contributed by atoms with Gasteiger partial charge in [0.15, 0.2) is 0 Å². The Bertz CT molecular complexity index is 183. The Morgan fingerprint density at radius 2 is 1.75 bits per heavy atom. The van der Waals surface area contributed by atoms with E-state index in [2.05, 4.69) is 20.0 Å². The Balaban J connectivity index is 0. The second-order valence-corrected chi connectivity index (χ2v) is 10.4. The molecule has 0 aliphatic rings. The van der Waals surface area contributed by atoms with Crippen LogP contribution in [0.15, 0.2) is 0 Å². The predicted octanol–water partition coefficient (Wildman–Crippen LogP) is 0.103. The molecule has 0 aromatic rings. The molecule has 0 bridgehead atoms. The second kappa shape index (κ2) is 9.97. The summed E-state index contributed by atoms with van der Waals surface area (Å²) < 4.78 is 0. The van der Waals surface area contributed by atoms with Crippen molar-refractivity contribution in [3.05, 3.63) is 0 Å². The zero-order valence-corrected chi connectivity index (χ0v) is 11.6. The average Bonchev–Trinajstić information content (AvgIpc) is 2.17. The minimum atomic E-state index is -1.08. The molecule has 1 unspecified atom stereocenters. The number of hydrogen-bond donors (Lipinski definition) is 4. The molecule has 0 aromatic heterocycles. The molecule has 0 aliphatic heterocycles. The van der Waals surface area contributed by atoms with Crippen molar-refractivity contribution in [3.8, 4) is 0 Å². The Hall–Kier alpha value is -0.220. The molecule has 0 radical (unpaired) electrons. The van der Waals surface area contributed by atoms with Crippen LogP contribution < -0.4 is 11.5 Å². The summed E-state index contributed by atoms with van der Waals surface area (Å²) in [6, 6.07) is -0.716. The molecule has 6 N–H and O–H groups in total. The monoisotopic (exact) mass is 254 g/mol. The summed E-state index contributed by atoms with van der Waals surface area (Å²) in [6.45, 7) is 7.00. The summed E-state index contributed by atoms with van der Waals surface area (Å²) >= 11 is 0. The van der Waals surface area contributed by atoms with Gasteiger partial charge in [-0.15, -0.1) is 0 Å². The standard InChI is InChI=1S/C6H14N2O2.C4H13OP/c7-4-2-1-3-5(8)6(9)10;1-6(2,3)4-5/h5H,1-4,7-8H2,(H,9,10);5-6H,4H2,1-3H3. The Kier molecular flexibility index (Phi) is 11.3. The maximum Gasteiger partial charge on any atom is 0.320 e. The van der Waals surface area contributed by atoms with Crippen LogP contribution in [0.1, 0.15) is 19.3 Å². The van der Waals surface area contributed by atoms with E-state index in [1.807, 2.05) is 0 Å². The number of rotatable bonds is 6. The van der Waals surface area contributed by atoms with E-state index in [-0.39, 0.29) is 0 Å². The zero-order valence-electron chi connectivity index (χ0n) is 10.6. The van der Waals surface area contributed by atoms with E-state index in [4.69, 9.17) is 21.7 Å². The van der Waals surface area contributed by atoms with Crippen molar-refractivity contribution in [1.29, 1.82) is 0 Å². The van der Waals surface area contributed by atoms with Gasteiger partial charge in [-0.1, -0.05) is 6.42 Å². The van der Waals surface area contributed by atoms with Gasteiger partial charge in [0.2, 0.25) is 0 Å². The van der Waals surface area contributed by atoms with Crippen LogP contribution >= 0.6 is 7.26 Å². The van der Waals surface area contributed by atoms with E-state index in [0.717, 1.165) is 12.8 Å². The molecule has 1 atom stereocenters. The average molecular weight is 254 g/mol. The normalized spacial score (nSPS) is 13.6. The van der Waals surface area contributed by atoms with Crippen molar-refractivity contribution >= 4 is 13.2 Å². The number of unbranched alkanes of at least 4 members (excludes halogenated alkanes) is 1. The van der Waals surface area contributed by atoms with Crippen LogP contribution in [0.25, 0.3) is 0 Å². The van der Waals surface area contributed by atoms with Crippen molar-refractivity contribution in [3.63, 3.8) is 0 Å². The Morgan fingerprint density at radius 1 is 1.31 bits per heavy atom. The summed E-state index contributed by atoms with van der Waals surface area (Å²) in [5, 5.41) is 16.8. The molecule has 0 fully saturated rings. The van der Waals surface area contributed by atoms with Gasteiger partial charge in [0, 0.05) is 0 Å². The van der Waals surface area contributed by atoms with Gasteiger partial charge >= 0.3 is 44.7 Å². The number of aliphatic carboxylic acids is 1. The van der Waals surface area contributed by atoms with Crippen molar-refractivity contribution < 1.29 is 15.0 Å². The van der Waals surface area contributed by atoms with Crippen molar-refractivity contribution in [2.75, 3.05) is 32.9 Å². The number of nitrogens with two attached hydrogens (primary N) is 2. The Morgan fingerprint density at radius 3 is 2.00 bits per heavy atom. The maximum absolute atomic E-state index is 10.1. The molecule has 0 heterocycles. The maximum atomic E-state index is 10.1. The number of carboxylic acids is 1. The van der Waals surface area contributed by atoms with E-state index >= 15 is 0 Å². The SMILES string of the molecule is C[PH](C)(C)CO.NCCCCC(N)C(=O)O. The second-order valence-electron chi connectivity index (χ2n) is 4.95. The number of aliphatic hydroxyl groups is 1. The fourth-order valence-corrected chi connectivity index (χ4v) is 0.632. The first-order chi connectivity index (χ1) is 7.24. The largest absolute Gasteiger partial charge is 0.480 e. The fraction of sp³-hybridized carbons (Fsp3) is 0.900. The fourth-order valence-electron chi connectivity index (χ4n) is 0.632. The number of carbonyl (C=O) groups is 1. The molecule has 0 rings (SSSR count). The van der Waals surface area contributed by atoms with E-state index in [0.29, 0.717) is 19.3 Å². The quantitative estimate of drug-likeness (QED) is 0.397. The summed E-state index contributed by atoms with van der Waals surface area (Å²) in [6.07, 6.45) is 2.57. The summed E-state index contributed by atoms with van der Waals surface area (Å²) in [5.41, 5.74) is 10.4. The first-order valence-corrected chi connectivity index (χ1v) is 9.24. The van der Waals surface area contributed by atoms with E-state index in [1.165, 1.54) is 0 Å². The van der Waals surface area contributed by atoms with E-state index in [1.54, 1.807) is 0 Å². The van der Waals surface area contributed by atoms with Gasteiger partial charge < -0.3 is 16.6 Å². The first-order valence-electron chi connectivity index (χ1n) is 5.54. The van der Waals surface area contributed by atoms with Crippen LogP contribution in [0.3, 0.4) is 0 Å². The minimum absolute atomic E-state index is 0.410. The molecule has 0 aromatic carbocycles. The molecule has 5 nitrogen and oxygen atoms in total. The number of carboxylic acid groups (broad SMARTS) is 1. The molecule has 16 heavy (non-hydrogen) atoms. The van der Waals surface area contributed by atoms with Crippen molar-refractivity contribution in [2.24, 2.45) is 11.5 Å². The number of aliphatic hydroxyl groups excluding tert-OH is 1. The number of hydrogen-bond acceptors (Lipinski definition) is 4. The van der Waals surface area contributed by atoms with Gasteiger partial charge in [0.1, 0.15) is 6.04 Å². The molecular weight excluding hydrogens is 227 g/mol. The zero-order chi connectivity index (χ0) is 13.2. The van der Waals surface area contributed by atoms with Crippen molar-refractivity contribution in [2.45, 2.75) is 25.3 Å². The molecule has 100 valence electrons. The van der Waals surface area contributed by atoms with E-state index in [9.17, 15) is 4.79 Å². The molecule has 0 spiro atoms. The molecule has 0 aliphatic carbocycles. The van der Waals surface area contributed by atoms with Crippen molar-refractivity contribution in [1.82, 2.24) is 0 Å². The van der Waals surface area contributed by atoms with Crippen LogP contribution in [0.4, 0.5) is 0 Å². The van der Waals surface area contributed by atoms with Crippen LogP contribution in [0.5, 0.6) is 0 Å².